The smallest absolute Gasteiger partial charge is 0.243 e. The second-order valence-corrected chi connectivity index (χ2v) is 4.91. The molecular weight excluding hydrogens is 267 g/mol. The molecule has 0 bridgehead atoms. The highest BCUT2D eigenvalue weighted by atomic mass is 19.1. The van der Waals surface area contributed by atoms with Crippen LogP contribution in [0.4, 0.5) is 15.8 Å². The van der Waals surface area contributed by atoms with Gasteiger partial charge in [-0.2, -0.15) is 0 Å². The number of halogens is 1. The van der Waals surface area contributed by atoms with Gasteiger partial charge in [-0.25, -0.2) is 4.39 Å². The molecule has 1 amide bonds. The number of nitrogens with one attached hydrogen (secondary N) is 1. The first kappa shape index (κ1) is 15.0. The van der Waals surface area contributed by atoms with Gasteiger partial charge in [-0.15, -0.1) is 0 Å². The van der Waals surface area contributed by atoms with Crippen molar-refractivity contribution in [1.82, 2.24) is 0 Å². The van der Waals surface area contributed by atoms with Gasteiger partial charge in [0, 0.05) is 17.9 Å². The van der Waals surface area contributed by atoms with Gasteiger partial charge in [-0.1, -0.05) is 23.8 Å². The molecule has 2 aromatic rings. The number of anilines is 2. The van der Waals surface area contributed by atoms with E-state index < -0.39 is 0 Å². The average molecular weight is 286 g/mol. The number of benzene rings is 2. The summed E-state index contributed by atoms with van der Waals surface area (Å²) in [7, 11) is 0. The van der Waals surface area contributed by atoms with E-state index in [1.807, 2.05) is 43.0 Å². The van der Waals surface area contributed by atoms with Gasteiger partial charge in [0.15, 0.2) is 0 Å². The Morgan fingerprint density at radius 3 is 2.52 bits per heavy atom. The zero-order valence-corrected chi connectivity index (χ0v) is 12.3. The summed E-state index contributed by atoms with van der Waals surface area (Å²) in [6.45, 7) is 4.75. The molecule has 0 aliphatic carbocycles. The van der Waals surface area contributed by atoms with Crippen molar-refractivity contribution < 1.29 is 9.18 Å². The summed E-state index contributed by atoms with van der Waals surface area (Å²) in [6.07, 6.45) is 0. The molecule has 0 radical (unpaired) electrons. The topological polar surface area (TPSA) is 32.3 Å². The molecule has 0 heterocycles. The number of likely N-dealkylation sites (N-methyl/N-ethyl adjacent to an activating group) is 1. The van der Waals surface area contributed by atoms with E-state index in [1.165, 1.54) is 12.1 Å². The minimum Gasteiger partial charge on any atom is -0.362 e. The third-order valence-corrected chi connectivity index (χ3v) is 3.22. The maximum atomic E-state index is 13.3. The number of carbonyl (C=O) groups excluding carboxylic acids is 1. The number of amides is 1. The van der Waals surface area contributed by atoms with Gasteiger partial charge < -0.3 is 10.2 Å². The van der Waals surface area contributed by atoms with Crippen LogP contribution in [0.5, 0.6) is 0 Å². The summed E-state index contributed by atoms with van der Waals surface area (Å²) < 4.78 is 13.3. The van der Waals surface area contributed by atoms with E-state index in [0.717, 1.165) is 11.3 Å². The molecule has 0 fully saturated rings. The van der Waals surface area contributed by atoms with Crippen molar-refractivity contribution in [3.8, 4) is 0 Å². The summed E-state index contributed by atoms with van der Waals surface area (Å²) in [5, 5.41) is 2.84. The maximum absolute atomic E-state index is 13.3. The van der Waals surface area contributed by atoms with Gasteiger partial charge in [0.25, 0.3) is 0 Å². The lowest BCUT2D eigenvalue weighted by Crippen LogP contribution is -2.33. The Labute approximate surface area is 124 Å². The van der Waals surface area contributed by atoms with E-state index in [4.69, 9.17) is 0 Å². The fourth-order valence-electron chi connectivity index (χ4n) is 2.07. The first-order valence-corrected chi connectivity index (χ1v) is 6.95. The molecule has 2 aromatic carbocycles. The van der Waals surface area contributed by atoms with Crippen LogP contribution in [0, 0.1) is 12.7 Å². The van der Waals surface area contributed by atoms with Crippen LogP contribution in [0.3, 0.4) is 0 Å². The molecule has 0 unspecified atom stereocenters. The summed E-state index contributed by atoms with van der Waals surface area (Å²) in [5.74, 6) is -0.421. The lowest BCUT2D eigenvalue weighted by Gasteiger charge is -2.22. The van der Waals surface area contributed by atoms with Crippen LogP contribution in [0.15, 0.2) is 48.5 Å². The Kier molecular flexibility index (Phi) is 4.93. The van der Waals surface area contributed by atoms with Crippen molar-refractivity contribution in [2.24, 2.45) is 0 Å². The number of hydrogen-bond donors (Lipinski definition) is 1. The third-order valence-electron chi connectivity index (χ3n) is 3.22. The number of carbonyl (C=O) groups is 1. The highest BCUT2D eigenvalue weighted by molar-refractivity contribution is 5.94. The molecule has 110 valence electrons. The van der Waals surface area contributed by atoms with E-state index in [0.29, 0.717) is 12.2 Å². The molecule has 0 spiro atoms. The zero-order chi connectivity index (χ0) is 15.2. The molecule has 4 heteroatoms. The number of rotatable bonds is 5. The van der Waals surface area contributed by atoms with Gasteiger partial charge in [-0.3, -0.25) is 4.79 Å². The third kappa shape index (κ3) is 4.31. The monoisotopic (exact) mass is 286 g/mol. The van der Waals surface area contributed by atoms with E-state index in [-0.39, 0.29) is 18.3 Å². The van der Waals surface area contributed by atoms with Crippen LogP contribution in [0.1, 0.15) is 12.5 Å². The lowest BCUT2D eigenvalue weighted by molar-refractivity contribution is -0.115. The molecule has 2 rings (SSSR count). The van der Waals surface area contributed by atoms with Gasteiger partial charge in [0.1, 0.15) is 5.82 Å². The molecule has 21 heavy (non-hydrogen) atoms. The normalized spacial score (nSPS) is 10.2. The fourth-order valence-corrected chi connectivity index (χ4v) is 2.07. The molecule has 0 saturated carbocycles. The van der Waals surface area contributed by atoms with E-state index in [2.05, 4.69) is 5.32 Å². The van der Waals surface area contributed by atoms with Gasteiger partial charge in [-0.05, 0) is 44.2 Å². The lowest BCUT2D eigenvalue weighted by atomic mass is 10.2. The molecule has 0 aromatic heterocycles. The number of aryl methyl sites for hydroxylation is 1. The first-order chi connectivity index (χ1) is 10.1. The second-order valence-electron chi connectivity index (χ2n) is 4.91. The minimum atomic E-state index is -0.301. The van der Waals surface area contributed by atoms with Crippen molar-refractivity contribution in [1.29, 1.82) is 0 Å². The maximum Gasteiger partial charge on any atom is 0.243 e. The number of nitrogens with zero attached hydrogens (tertiary/aromatic N) is 1. The SMILES string of the molecule is CCN(CC(=O)Nc1ccc(C)cc1)c1cccc(F)c1. The largest absolute Gasteiger partial charge is 0.362 e. The van der Waals surface area contributed by atoms with E-state index >= 15 is 0 Å². The molecule has 0 aliphatic rings. The summed E-state index contributed by atoms with van der Waals surface area (Å²) in [6, 6.07) is 13.9. The minimum absolute atomic E-state index is 0.120. The van der Waals surface area contributed by atoms with Crippen LogP contribution in [-0.4, -0.2) is 19.0 Å². The molecular formula is C17H19FN2O. The molecule has 0 aliphatic heterocycles. The molecule has 1 N–H and O–H groups in total. The standard InChI is InChI=1S/C17H19FN2O/c1-3-20(16-6-4-5-14(18)11-16)12-17(21)19-15-9-7-13(2)8-10-15/h4-11H,3,12H2,1-2H3,(H,19,21). The highest BCUT2D eigenvalue weighted by Gasteiger charge is 2.10. The fraction of sp³-hybridized carbons (Fsp3) is 0.235. The summed E-state index contributed by atoms with van der Waals surface area (Å²) in [4.78, 5) is 13.9. The van der Waals surface area contributed by atoms with Gasteiger partial charge in [0.05, 0.1) is 6.54 Å². The number of hydrogen-bond acceptors (Lipinski definition) is 2. The molecule has 3 nitrogen and oxygen atoms in total. The highest BCUT2D eigenvalue weighted by Crippen LogP contribution is 2.15. The van der Waals surface area contributed by atoms with Crippen molar-refractivity contribution in [3.05, 3.63) is 59.9 Å². The van der Waals surface area contributed by atoms with Gasteiger partial charge in [0.2, 0.25) is 5.91 Å². The van der Waals surface area contributed by atoms with Crippen molar-refractivity contribution >= 4 is 17.3 Å². The van der Waals surface area contributed by atoms with Crippen molar-refractivity contribution in [3.63, 3.8) is 0 Å². The summed E-state index contributed by atoms with van der Waals surface area (Å²) >= 11 is 0. The predicted molar refractivity (Wildman–Crippen MR) is 84.1 cm³/mol. The van der Waals surface area contributed by atoms with Crippen LogP contribution < -0.4 is 10.2 Å². The predicted octanol–water partition coefficient (Wildman–Crippen LogP) is 3.60. The Balaban J connectivity index is 2.01. The van der Waals surface area contributed by atoms with Crippen LogP contribution in [0.2, 0.25) is 0 Å². The van der Waals surface area contributed by atoms with Crippen LogP contribution in [-0.2, 0) is 4.79 Å². The van der Waals surface area contributed by atoms with Crippen molar-refractivity contribution in [2.45, 2.75) is 13.8 Å². The Morgan fingerprint density at radius 2 is 1.90 bits per heavy atom. The Morgan fingerprint density at radius 1 is 1.19 bits per heavy atom. The van der Waals surface area contributed by atoms with Gasteiger partial charge >= 0.3 is 0 Å². The van der Waals surface area contributed by atoms with E-state index in [1.54, 1.807) is 12.1 Å². The average Bonchev–Trinajstić information content (AvgIpc) is 2.47. The summed E-state index contributed by atoms with van der Waals surface area (Å²) in [5.41, 5.74) is 2.61. The second kappa shape index (κ2) is 6.88. The molecule has 0 atom stereocenters. The van der Waals surface area contributed by atoms with Crippen LogP contribution >= 0.6 is 0 Å². The quantitative estimate of drug-likeness (QED) is 0.911. The van der Waals surface area contributed by atoms with Crippen molar-refractivity contribution in [2.75, 3.05) is 23.3 Å². The first-order valence-electron chi connectivity index (χ1n) is 6.95. The Hall–Kier alpha value is -2.36. The Bertz CT molecular complexity index is 610. The zero-order valence-electron chi connectivity index (χ0n) is 12.3. The van der Waals surface area contributed by atoms with E-state index in [9.17, 15) is 9.18 Å². The van der Waals surface area contributed by atoms with Crippen LogP contribution in [0.25, 0.3) is 0 Å². The molecule has 0 saturated heterocycles.